The zero-order valence-corrected chi connectivity index (χ0v) is 11.5. The molecule has 0 unspecified atom stereocenters. The van der Waals surface area contributed by atoms with Crippen molar-refractivity contribution in [3.63, 3.8) is 0 Å². The monoisotopic (exact) mass is 285 g/mol. The Morgan fingerprint density at radius 3 is 2.43 bits per heavy atom. The predicted molar refractivity (Wildman–Crippen MR) is 81.2 cm³/mol. The Kier molecular flexibility index (Phi) is 4.50. The average molecular weight is 285 g/mol. The van der Waals surface area contributed by atoms with E-state index in [2.05, 4.69) is 10.6 Å². The van der Waals surface area contributed by atoms with Gasteiger partial charge in [-0.05, 0) is 29.8 Å². The molecule has 0 heterocycles. The van der Waals surface area contributed by atoms with Crippen LogP contribution in [0.4, 0.5) is 17.1 Å². The van der Waals surface area contributed by atoms with Gasteiger partial charge in [0.15, 0.2) is 0 Å². The van der Waals surface area contributed by atoms with Crippen LogP contribution in [0.15, 0.2) is 48.5 Å². The molecule has 108 valence electrons. The van der Waals surface area contributed by atoms with E-state index in [4.69, 9.17) is 0 Å². The molecule has 0 spiro atoms. The molecular formula is C15H15N3O3. The van der Waals surface area contributed by atoms with Crippen molar-refractivity contribution in [2.45, 2.75) is 13.5 Å². The van der Waals surface area contributed by atoms with Gasteiger partial charge in [0.2, 0.25) is 5.91 Å². The van der Waals surface area contributed by atoms with Crippen LogP contribution in [0.1, 0.15) is 12.5 Å². The number of nitro groups is 1. The van der Waals surface area contributed by atoms with Gasteiger partial charge in [-0.2, -0.15) is 0 Å². The number of carbonyl (C=O) groups excluding carboxylic acids is 1. The number of anilines is 2. The molecule has 2 aromatic carbocycles. The lowest BCUT2D eigenvalue weighted by atomic mass is 10.2. The molecule has 2 N–H and O–H groups in total. The van der Waals surface area contributed by atoms with Gasteiger partial charge in [0.25, 0.3) is 5.69 Å². The van der Waals surface area contributed by atoms with Gasteiger partial charge in [-0.3, -0.25) is 14.9 Å². The van der Waals surface area contributed by atoms with Crippen molar-refractivity contribution in [1.82, 2.24) is 0 Å². The number of non-ortho nitro benzene ring substituents is 1. The fourth-order valence-electron chi connectivity index (χ4n) is 1.86. The van der Waals surface area contributed by atoms with Crippen LogP contribution in [0.25, 0.3) is 0 Å². The fraction of sp³-hybridized carbons (Fsp3) is 0.133. The molecule has 0 saturated carbocycles. The quantitative estimate of drug-likeness (QED) is 0.652. The van der Waals surface area contributed by atoms with Gasteiger partial charge in [0, 0.05) is 37.0 Å². The second-order valence-corrected chi connectivity index (χ2v) is 4.54. The van der Waals surface area contributed by atoms with Crippen molar-refractivity contribution in [1.29, 1.82) is 0 Å². The first kappa shape index (κ1) is 14.5. The van der Waals surface area contributed by atoms with Crippen LogP contribution in [-0.2, 0) is 11.3 Å². The highest BCUT2D eigenvalue weighted by Gasteiger charge is 2.05. The van der Waals surface area contributed by atoms with Crippen LogP contribution in [-0.4, -0.2) is 10.8 Å². The molecule has 0 bridgehead atoms. The SMILES string of the molecule is CC(=O)Nc1ccc(NCc2cccc([N+](=O)[O-])c2)cc1. The van der Waals surface area contributed by atoms with E-state index in [1.807, 2.05) is 18.2 Å². The summed E-state index contributed by atoms with van der Waals surface area (Å²) in [6.07, 6.45) is 0. The lowest BCUT2D eigenvalue weighted by Crippen LogP contribution is -2.05. The van der Waals surface area contributed by atoms with Crippen LogP contribution in [0.3, 0.4) is 0 Å². The molecule has 0 aliphatic rings. The summed E-state index contributed by atoms with van der Waals surface area (Å²) in [4.78, 5) is 21.2. The number of amides is 1. The standard InChI is InChI=1S/C15H15N3O3/c1-11(19)17-14-7-5-13(6-8-14)16-10-12-3-2-4-15(9-12)18(20)21/h2-9,16H,10H2,1H3,(H,17,19). The number of hydrogen-bond acceptors (Lipinski definition) is 4. The number of nitrogens with zero attached hydrogens (tertiary/aromatic N) is 1. The summed E-state index contributed by atoms with van der Waals surface area (Å²) in [6.45, 7) is 1.94. The van der Waals surface area contributed by atoms with Gasteiger partial charge in [-0.1, -0.05) is 12.1 Å². The second-order valence-electron chi connectivity index (χ2n) is 4.54. The molecule has 0 aromatic heterocycles. The maximum atomic E-state index is 10.9. The Labute approximate surface area is 121 Å². The number of hydrogen-bond donors (Lipinski definition) is 2. The predicted octanol–water partition coefficient (Wildman–Crippen LogP) is 3.17. The Morgan fingerprint density at radius 1 is 1.14 bits per heavy atom. The van der Waals surface area contributed by atoms with E-state index in [1.54, 1.807) is 24.3 Å². The van der Waals surface area contributed by atoms with Gasteiger partial charge >= 0.3 is 0 Å². The highest BCUT2D eigenvalue weighted by molar-refractivity contribution is 5.88. The minimum absolute atomic E-state index is 0.0790. The van der Waals surface area contributed by atoms with Crippen molar-refractivity contribution in [2.75, 3.05) is 10.6 Å². The molecule has 6 heteroatoms. The Bertz CT molecular complexity index is 653. The zero-order chi connectivity index (χ0) is 15.2. The van der Waals surface area contributed by atoms with Crippen molar-refractivity contribution in [3.8, 4) is 0 Å². The smallest absolute Gasteiger partial charge is 0.269 e. The van der Waals surface area contributed by atoms with Crippen molar-refractivity contribution >= 4 is 23.0 Å². The molecule has 0 aliphatic heterocycles. The van der Waals surface area contributed by atoms with Gasteiger partial charge in [0.05, 0.1) is 4.92 Å². The third-order valence-electron chi connectivity index (χ3n) is 2.82. The molecule has 0 atom stereocenters. The summed E-state index contributed by atoms with van der Waals surface area (Å²) < 4.78 is 0. The van der Waals surface area contributed by atoms with E-state index in [0.29, 0.717) is 6.54 Å². The van der Waals surface area contributed by atoms with E-state index in [9.17, 15) is 14.9 Å². The summed E-state index contributed by atoms with van der Waals surface area (Å²) in [6, 6.07) is 13.7. The number of carbonyl (C=O) groups is 1. The Balaban J connectivity index is 1.98. The molecule has 0 saturated heterocycles. The zero-order valence-electron chi connectivity index (χ0n) is 11.5. The number of benzene rings is 2. The molecule has 2 aromatic rings. The number of rotatable bonds is 5. The summed E-state index contributed by atoms with van der Waals surface area (Å²) >= 11 is 0. The fourth-order valence-corrected chi connectivity index (χ4v) is 1.86. The first-order chi connectivity index (χ1) is 10.0. The Hall–Kier alpha value is -2.89. The molecule has 0 fully saturated rings. The van der Waals surface area contributed by atoms with Crippen LogP contribution in [0, 0.1) is 10.1 Å². The second kappa shape index (κ2) is 6.51. The summed E-state index contributed by atoms with van der Waals surface area (Å²) in [5, 5.41) is 16.6. The van der Waals surface area contributed by atoms with E-state index in [-0.39, 0.29) is 11.6 Å². The highest BCUT2D eigenvalue weighted by atomic mass is 16.6. The molecular weight excluding hydrogens is 270 g/mol. The number of nitrogens with one attached hydrogen (secondary N) is 2. The molecule has 0 aliphatic carbocycles. The van der Waals surface area contributed by atoms with Gasteiger partial charge in [0.1, 0.15) is 0 Å². The largest absolute Gasteiger partial charge is 0.381 e. The normalized spacial score (nSPS) is 9.95. The maximum absolute atomic E-state index is 10.9. The first-order valence-corrected chi connectivity index (χ1v) is 6.39. The third-order valence-corrected chi connectivity index (χ3v) is 2.82. The van der Waals surface area contributed by atoms with Crippen molar-refractivity contribution in [2.24, 2.45) is 0 Å². The Morgan fingerprint density at radius 2 is 1.81 bits per heavy atom. The van der Waals surface area contributed by atoms with Gasteiger partial charge < -0.3 is 10.6 Å². The summed E-state index contributed by atoms with van der Waals surface area (Å²) in [7, 11) is 0. The van der Waals surface area contributed by atoms with E-state index in [0.717, 1.165) is 16.9 Å². The lowest BCUT2D eigenvalue weighted by Gasteiger charge is -2.08. The maximum Gasteiger partial charge on any atom is 0.269 e. The summed E-state index contributed by atoms with van der Waals surface area (Å²) in [5.74, 6) is -0.118. The van der Waals surface area contributed by atoms with E-state index < -0.39 is 4.92 Å². The van der Waals surface area contributed by atoms with Crippen LogP contribution in [0.5, 0.6) is 0 Å². The highest BCUT2D eigenvalue weighted by Crippen LogP contribution is 2.17. The van der Waals surface area contributed by atoms with Crippen LogP contribution in [0.2, 0.25) is 0 Å². The minimum atomic E-state index is -0.411. The van der Waals surface area contributed by atoms with Crippen LogP contribution >= 0.6 is 0 Å². The lowest BCUT2D eigenvalue weighted by molar-refractivity contribution is -0.384. The van der Waals surface area contributed by atoms with Crippen molar-refractivity contribution < 1.29 is 9.72 Å². The van der Waals surface area contributed by atoms with Crippen molar-refractivity contribution in [3.05, 3.63) is 64.2 Å². The third kappa shape index (κ3) is 4.31. The van der Waals surface area contributed by atoms with E-state index in [1.165, 1.54) is 13.0 Å². The topological polar surface area (TPSA) is 84.3 Å². The number of nitro benzene ring substituents is 1. The minimum Gasteiger partial charge on any atom is -0.381 e. The molecule has 2 rings (SSSR count). The van der Waals surface area contributed by atoms with Crippen LogP contribution < -0.4 is 10.6 Å². The van der Waals surface area contributed by atoms with Gasteiger partial charge in [-0.25, -0.2) is 0 Å². The summed E-state index contributed by atoms with van der Waals surface area (Å²) in [5.41, 5.74) is 2.50. The first-order valence-electron chi connectivity index (χ1n) is 6.39. The molecule has 21 heavy (non-hydrogen) atoms. The molecule has 0 radical (unpaired) electrons. The van der Waals surface area contributed by atoms with Gasteiger partial charge in [-0.15, -0.1) is 0 Å². The molecule has 1 amide bonds. The average Bonchev–Trinajstić information content (AvgIpc) is 2.46. The van der Waals surface area contributed by atoms with E-state index >= 15 is 0 Å². The molecule has 6 nitrogen and oxygen atoms in total.